The zero-order valence-corrected chi connectivity index (χ0v) is 13.7. The van der Waals surface area contributed by atoms with E-state index in [2.05, 4.69) is 4.74 Å². The summed E-state index contributed by atoms with van der Waals surface area (Å²) in [6.45, 7) is 4.14. The second kappa shape index (κ2) is 6.92. The second-order valence-electron chi connectivity index (χ2n) is 5.48. The Balaban J connectivity index is 1.98. The van der Waals surface area contributed by atoms with Crippen molar-refractivity contribution in [3.63, 3.8) is 0 Å². The highest BCUT2D eigenvalue weighted by atomic mass is 16.6. The van der Waals surface area contributed by atoms with E-state index in [1.807, 2.05) is 4.90 Å². The minimum absolute atomic E-state index is 0.111. The molecule has 0 amide bonds. The fourth-order valence-corrected chi connectivity index (χ4v) is 2.61. The molecule has 1 fully saturated rings. The highest BCUT2D eigenvalue weighted by molar-refractivity contribution is 5.83. The summed E-state index contributed by atoms with van der Waals surface area (Å²) in [6.07, 6.45) is 0. The number of fused-ring (bicyclic) bond motifs is 1. The van der Waals surface area contributed by atoms with Crippen molar-refractivity contribution in [1.29, 1.82) is 0 Å². The number of ether oxygens (including phenoxy) is 3. The third-order valence-electron chi connectivity index (χ3n) is 3.98. The van der Waals surface area contributed by atoms with Gasteiger partial charge in [-0.2, -0.15) is 0 Å². The van der Waals surface area contributed by atoms with Crippen LogP contribution in [0, 0.1) is 6.92 Å². The smallest absolute Gasteiger partial charge is 0.343 e. The van der Waals surface area contributed by atoms with Gasteiger partial charge in [0.05, 0.1) is 25.7 Å². The normalized spacial score (nSPS) is 14.7. The molecular weight excluding hydrogens is 314 g/mol. The Bertz CT molecular complexity index is 807. The summed E-state index contributed by atoms with van der Waals surface area (Å²) in [5, 5.41) is 0.481. The van der Waals surface area contributed by atoms with Crippen molar-refractivity contribution in [2.45, 2.75) is 6.92 Å². The molecule has 0 bridgehead atoms. The molecule has 1 saturated heterocycles. The van der Waals surface area contributed by atoms with E-state index in [0.717, 1.165) is 0 Å². The van der Waals surface area contributed by atoms with Crippen LogP contribution in [0.1, 0.15) is 5.56 Å². The first-order valence-electron chi connectivity index (χ1n) is 7.70. The van der Waals surface area contributed by atoms with Crippen molar-refractivity contribution >= 4 is 22.8 Å². The van der Waals surface area contributed by atoms with E-state index in [1.165, 1.54) is 13.2 Å². The summed E-state index contributed by atoms with van der Waals surface area (Å²) >= 11 is 0. The molecule has 0 N–H and O–H groups in total. The number of carbonyl (C=O) groups excluding carboxylic acids is 1. The molecule has 0 saturated carbocycles. The van der Waals surface area contributed by atoms with Gasteiger partial charge in [-0.05, 0) is 19.1 Å². The number of aryl methyl sites for hydroxylation is 1. The van der Waals surface area contributed by atoms with Gasteiger partial charge in [0.15, 0.2) is 17.9 Å². The minimum Gasteiger partial charge on any atom is -0.481 e. The van der Waals surface area contributed by atoms with Crippen LogP contribution in [0.3, 0.4) is 0 Å². The van der Waals surface area contributed by atoms with Crippen LogP contribution < -0.4 is 15.1 Å². The molecule has 0 aliphatic carbocycles. The summed E-state index contributed by atoms with van der Waals surface area (Å²) in [5.41, 5.74) is 1.02. The predicted molar refractivity (Wildman–Crippen MR) is 87.8 cm³/mol. The Kier molecular flexibility index (Phi) is 4.71. The molecule has 1 aliphatic rings. The van der Waals surface area contributed by atoms with Gasteiger partial charge in [-0.15, -0.1) is 0 Å². The fraction of sp³-hybridized carbons (Fsp3) is 0.412. The summed E-state index contributed by atoms with van der Waals surface area (Å²) in [4.78, 5) is 25.6. The van der Waals surface area contributed by atoms with Gasteiger partial charge in [0.2, 0.25) is 0 Å². The molecule has 128 valence electrons. The van der Waals surface area contributed by atoms with Crippen LogP contribution in [-0.2, 0) is 14.3 Å². The Labute approximate surface area is 138 Å². The van der Waals surface area contributed by atoms with Crippen LogP contribution >= 0.6 is 0 Å². The average Bonchev–Trinajstić information content (AvgIpc) is 2.62. The monoisotopic (exact) mass is 333 g/mol. The zero-order valence-electron chi connectivity index (χ0n) is 13.7. The topological polar surface area (TPSA) is 78.2 Å². The molecule has 2 heterocycles. The zero-order chi connectivity index (χ0) is 17.1. The largest absolute Gasteiger partial charge is 0.481 e. The highest BCUT2D eigenvalue weighted by Gasteiger charge is 2.17. The molecule has 0 spiro atoms. The molecule has 3 rings (SSSR count). The maximum atomic E-state index is 12.4. The number of hydrogen-bond acceptors (Lipinski definition) is 7. The number of morpholine rings is 1. The summed E-state index contributed by atoms with van der Waals surface area (Å²) < 4.78 is 21.3. The molecule has 1 aromatic heterocycles. The number of nitrogens with zero attached hydrogens (tertiary/aromatic N) is 1. The Morgan fingerprint density at radius 3 is 2.75 bits per heavy atom. The van der Waals surface area contributed by atoms with Crippen LogP contribution in [0.25, 0.3) is 11.0 Å². The number of carbonyl (C=O) groups is 1. The van der Waals surface area contributed by atoms with Crippen LogP contribution in [0.4, 0.5) is 5.88 Å². The average molecular weight is 333 g/mol. The van der Waals surface area contributed by atoms with Crippen molar-refractivity contribution < 1.29 is 23.4 Å². The molecule has 1 aromatic carbocycles. The van der Waals surface area contributed by atoms with Gasteiger partial charge in [0, 0.05) is 24.7 Å². The molecule has 2 aromatic rings. The molecule has 24 heavy (non-hydrogen) atoms. The van der Waals surface area contributed by atoms with Gasteiger partial charge >= 0.3 is 5.97 Å². The number of anilines is 1. The number of methoxy groups -OCH3 is 1. The van der Waals surface area contributed by atoms with E-state index in [-0.39, 0.29) is 12.0 Å². The molecule has 0 unspecified atom stereocenters. The van der Waals surface area contributed by atoms with Crippen molar-refractivity contribution in [3.8, 4) is 5.75 Å². The van der Waals surface area contributed by atoms with Gasteiger partial charge in [-0.1, -0.05) is 0 Å². The SMILES string of the molecule is COC(=O)COc1ccc2c(=O)cc(N3CCOCC3)oc2c1C. The van der Waals surface area contributed by atoms with Gasteiger partial charge in [-0.3, -0.25) is 4.79 Å². The lowest BCUT2D eigenvalue weighted by Gasteiger charge is -2.27. The van der Waals surface area contributed by atoms with Gasteiger partial charge in [0.1, 0.15) is 11.3 Å². The third-order valence-corrected chi connectivity index (χ3v) is 3.98. The lowest BCUT2D eigenvalue weighted by molar-refractivity contribution is -0.142. The van der Waals surface area contributed by atoms with Crippen LogP contribution in [-0.4, -0.2) is 46.0 Å². The van der Waals surface area contributed by atoms with E-state index in [4.69, 9.17) is 13.9 Å². The quantitative estimate of drug-likeness (QED) is 0.784. The summed E-state index contributed by atoms with van der Waals surface area (Å²) in [5.74, 6) is 0.525. The number of hydrogen-bond donors (Lipinski definition) is 0. The Morgan fingerprint density at radius 2 is 2.04 bits per heavy atom. The Hall–Kier alpha value is -2.54. The van der Waals surface area contributed by atoms with Crippen LogP contribution in [0.15, 0.2) is 27.4 Å². The van der Waals surface area contributed by atoms with E-state index < -0.39 is 5.97 Å². The molecule has 1 aliphatic heterocycles. The van der Waals surface area contributed by atoms with Crippen molar-refractivity contribution in [2.24, 2.45) is 0 Å². The fourth-order valence-electron chi connectivity index (χ4n) is 2.61. The molecular formula is C17H19NO6. The van der Waals surface area contributed by atoms with Crippen LogP contribution in [0.2, 0.25) is 0 Å². The first kappa shape index (κ1) is 16.3. The highest BCUT2D eigenvalue weighted by Crippen LogP contribution is 2.28. The van der Waals surface area contributed by atoms with E-state index in [0.29, 0.717) is 54.5 Å². The van der Waals surface area contributed by atoms with Gasteiger partial charge in [0.25, 0.3) is 0 Å². The first-order valence-corrected chi connectivity index (χ1v) is 7.70. The first-order chi connectivity index (χ1) is 11.6. The molecule has 7 heteroatoms. The summed E-state index contributed by atoms with van der Waals surface area (Å²) in [7, 11) is 1.30. The number of benzene rings is 1. The molecule has 0 atom stereocenters. The standard InChI is InChI=1S/C17H19NO6/c1-11-14(23-10-16(20)21-2)4-3-12-13(19)9-15(24-17(11)12)18-5-7-22-8-6-18/h3-4,9H,5-8,10H2,1-2H3. The van der Waals surface area contributed by atoms with E-state index in [1.54, 1.807) is 19.1 Å². The predicted octanol–water partition coefficient (Wildman–Crippen LogP) is 1.49. The number of rotatable bonds is 4. The van der Waals surface area contributed by atoms with Gasteiger partial charge in [-0.25, -0.2) is 4.79 Å². The maximum Gasteiger partial charge on any atom is 0.343 e. The van der Waals surface area contributed by atoms with Crippen molar-refractivity contribution in [3.05, 3.63) is 34.0 Å². The maximum absolute atomic E-state index is 12.4. The van der Waals surface area contributed by atoms with E-state index >= 15 is 0 Å². The molecule has 0 radical (unpaired) electrons. The Morgan fingerprint density at radius 1 is 1.29 bits per heavy atom. The summed E-state index contributed by atoms with van der Waals surface area (Å²) in [6, 6.07) is 4.80. The minimum atomic E-state index is -0.474. The third kappa shape index (κ3) is 3.21. The lowest BCUT2D eigenvalue weighted by atomic mass is 10.1. The lowest BCUT2D eigenvalue weighted by Crippen LogP contribution is -2.36. The number of esters is 1. The van der Waals surface area contributed by atoms with Gasteiger partial charge < -0.3 is 23.5 Å². The van der Waals surface area contributed by atoms with Crippen molar-refractivity contribution in [1.82, 2.24) is 0 Å². The second-order valence-corrected chi connectivity index (χ2v) is 5.48. The van der Waals surface area contributed by atoms with Crippen LogP contribution in [0.5, 0.6) is 5.75 Å². The molecule has 7 nitrogen and oxygen atoms in total. The van der Waals surface area contributed by atoms with Crippen molar-refractivity contribution in [2.75, 3.05) is 44.9 Å². The van der Waals surface area contributed by atoms with E-state index in [9.17, 15) is 9.59 Å².